The molecule has 4 heteroatoms. The van der Waals surface area contributed by atoms with E-state index in [1.807, 2.05) is 18.2 Å². The molecule has 1 N–H and O–H groups in total. The maximum absolute atomic E-state index is 12.9. The van der Waals surface area contributed by atoms with Gasteiger partial charge in [0.1, 0.15) is 11.9 Å². The van der Waals surface area contributed by atoms with Gasteiger partial charge >= 0.3 is 0 Å². The van der Waals surface area contributed by atoms with Gasteiger partial charge in [0.05, 0.1) is 6.20 Å². The van der Waals surface area contributed by atoms with E-state index < -0.39 is 5.95 Å². The van der Waals surface area contributed by atoms with Crippen molar-refractivity contribution in [1.82, 2.24) is 10.3 Å². The fourth-order valence-corrected chi connectivity index (χ4v) is 2.59. The molecule has 1 aliphatic rings. The molecule has 0 amide bonds. The van der Waals surface area contributed by atoms with E-state index in [-0.39, 0.29) is 6.10 Å². The zero-order valence-electron chi connectivity index (χ0n) is 11.1. The number of nitrogens with zero attached hydrogens (tertiary/aromatic N) is 1. The van der Waals surface area contributed by atoms with E-state index >= 15 is 0 Å². The Balaban J connectivity index is 1.83. The van der Waals surface area contributed by atoms with Crippen LogP contribution in [0.15, 0.2) is 48.7 Å². The highest BCUT2D eigenvalue weighted by molar-refractivity contribution is 5.23. The third-order valence-electron chi connectivity index (χ3n) is 3.62. The molecular weight excluding hydrogens is 255 g/mol. The van der Waals surface area contributed by atoms with Crippen molar-refractivity contribution >= 4 is 0 Å². The standard InChI is InChI=1S/C16H17FN2O/c17-15-7-6-14(11-19-15)20-16(13-8-9-18-10-13)12-4-2-1-3-5-12/h1-7,11,13,16,18H,8-10H2/t13-,16-/m0/s1. The Morgan fingerprint density at radius 2 is 2.05 bits per heavy atom. The van der Waals surface area contributed by atoms with E-state index in [0.29, 0.717) is 11.7 Å². The Hall–Kier alpha value is -1.94. The Morgan fingerprint density at radius 3 is 2.70 bits per heavy atom. The van der Waals surface area contributed by atoms with Crippen molar-refractivity contribution in [2.75, 3.05) is 13.1 Å². The number of benzene rings is 1. The molecule has 0 radical (unpaired) electrons. The second-order valence-corrected chi connectivity index (χ2v) is 5.02. The van der Waals surface area contributed by atoms with Crippen molar-refractivity contribution in [3.05, 3.63) is 60.2 Å². The molecule has 0 aliphatic carbocycles. The summed E-state index contributed by atoms with van der Waals surface area (Å²) in [5, 5.41) is 3.36. The summed E-state index contributed by atoms with van der Waals surface area (Å²) in [5.74, 6) is 0.533. The van der Waals surface area contributed by atoms with Gasteiger partial charge in [0.2, 0.25) is 5.95 Å². The third-order valence-corrected chi connectivity index (χ3v) is 3.62. The van der Waals surface area contributed by atoms with E-state index in [2.05, 4.69) is 22.4 Å². The molecule has 20 heavy (non-hydrogen) atoms. The highest BCUT2D eigenvalue weighted by Crippen LogP contribution is 2.31. The normalized spacial score (nSPS) is 19.8. The fourth-order valence-electron chi connectivity index (χ4n) is 2.59. The summed E-state index contributed by atoms with van der Waals surface area (Å²) in [5.41, 5.74) is 1.14. The van der Waals surface area contributed by atoms with Gasteiger partial charge in [-0.2, -0.15) is 4.39 Å². The topological polar surface area (TPSA) is 34.1 Å². The number of nitrogens with one attached hydrogen (secondary N) is 1. The van der Waals surface area contributed by atoms with Crippen LogP contribution in [-0.2, 0) is 0 Å². The van der Waals surface area contributed by atoms with Crippen LogP contribution in [0.4, 0.5) is 4.39 Å². The molecule has 104 valence electrons. The van der Waals surface area contributed by atoms with Crippen molar-refractivity contribution in [3.8, 4) is 5.75 Å². The van der Waals surface area contributed by atoms with Crippen LogP contribution < -0.4 is 10.1 Å². The number of rotatable bonds is 4. The molecule has 0 unspecified atom stereocenters. The highest BCUT2D eigenvalue weighted by Gasteiger charge is 2.28. The largest absolute Gasteiger partial charge is 0.484 e. The van der Waals surface area contributed by atoms with Crippen molar-refractivity contribution in [3.63, 3.8) is 0 Å². The summed E-state index contributed by atoms with van der Waals surface area (Å²) in [6, 6.07) is 13.1. The van der Waals surface area contributed by atoms with Crippen LogP contribution in [0.5, 0.6) is 5.75 Å². The first-order valence-electron chi connectivity index (χ1n) is 6.87. The number of ether oxygens (including phenoxy) is 1. The van der Waals surface area contributed by atoms with Crippen LogP contribution in [0, 0.1) is 11.9 Å². The number of hydrogen-bond acceptors (Lipinski definition) is 3. The molecular formula is C16H17FN2O. The smallest absolute Gasteiger partial charge is 0.213 e. The van der Waals surface area contributed by atoms with Gasteiger partial charge in [-0.3, -0.25) is 0 Å². The van der Waals surface area contributed by atoms with Crippen molar-refractivity contribution in [2.24, 2.45) is 5.92 Å². The lowest BCUT2D eigenvalue weighted by Gasteiger charge is -2.24. The monoisotopic (exact) mass is 272 g/mol. The van der Waals surface area contributed by atoms with Gasteiger partial charge < -0.3 is 10.1 Å². The maximum Gasteiger partial charge on any atom is 0.213 e. The summed E-state index contributed by atoms with van der Waals surface area (Å²) >= 11 is 0. The maximum atomic E-state index is 12.9. The molecule has 1 aliphatic heterocycles. The second-order valence-electron chi connectivity index (χ2n) is 5.02. The number of pyridine rings is 1. The summed E-state index contributed by atoms with van der Waals surface area (Å²) < 4.78 is 18.9. The summed E-state index contributed by atoms with van der Waals surface area (Å²) in [6.45, 7) is 1.95. The average molecular weight is 272 g/mol. The van der Waals surface area contributed by atoms with Gasteiger partial charge in [-0.1, -0.05) is 30.3 Å². The Bertz CT molecular complexity index is 538. The lowest BCUT2D eigenvalue weighted by atomic mass is 9.95. The molecule has 0 saturated carbocycles. The molecule has 2 atom stereocenters. The molecule has 3 rings (SSSR count). The fraction of sp³-hybridized carbons (Fsp3) is 0.312. The number of halogens is 1. The zero-order valence-corrected chi connectivity index (χ0v) is 11.1. The SMILES string of the molecule is Fc1ccc(O[C@@H](c2ccccc2)[C@H]2CCNC2)cn1. The van der Waals surface area contributed by atoms with E-state index in [0.717, 1.165) is 25.1 Å². The van der Waals surface area contributed by atoms with E-state index in [1.165, 1.54) is 12.3 Å². The van der Waals surface area contributed by atoms with Gasteiger partial charge in [-0.05, 0) is 30.7 Å². The zero-order chi connectivity index (χ0) is 13.8. The van der Waals surface area contributed by atoms with Gasteiger partial charge in [-0.15, -0.1) is 0 Å². The summed E-state index contributed by atoms with van der Waals surface area (Å²) in [4.78, 5) is 3.65. The first kappa shape index (κ1) is 13.1. The quantitative estimate of drug-likeness (QED) is 0.869. The first-order valence-corrected chi connectivity index (χ1v) is 6.87. The lowest BCUT2D eigenvalue weighted by Crippen LogP contribution is -2.21. The Labute approximate surface area is 117 Å². The number of hydrogen-bond donors (Lipinski definition) is 1. The Kier molecular flexibility index (Phi) is 3.92. The molecule has 1 aromatic carbocycles. The molecule has 2 heterocycles. The second kappa shape index (κ2) is 6.01. The van der Waals surface area contributed by atoms with E-state index in [1.54, 1.807) is 6.07 Å². The van der Waals surface area contributed by atoms with Gasteiger partial charge in [0.15, 0.2) is 0 Å². The minimum atomic E-state index is -0.490. The van der Waals surface area contributed by atoms with Crippen LogP contribution >= 0.6 is 0 Å². The molecule has 0 spiro atoms. The van der Waals surface area contributed by atoms with Crippen LogP contribution in [0.3, 0.4) is 0 Å². The summed E-state index contributed by atoms with van der Waals surface area (Å²) in [6.07, 6.45) is 2.49. The Morgan fingerprint density at radius 1 is 1.20 bits per heavy atom. The predicted octanol–water partition coefficient (Wildman–Crippen LogP) is 2.95. The van der Waals surface area contributed by atoms with E-state index in [4.69, 9.17) is 4.74 Å². The molecule has 1 saturated heterocycles. The predicted molar refractivity (Wildman–Crippen MR) is 75.0 cm³/mol. The molecule has 3 nitrogen and oxygen atoms in total. The molecule has 1 fully saturated rings. The van der Waals surface area contributed by atoms with Crippen molar-refractivity contribution in [2.45, 2.75) is 12.5 Å². The van der Waals surface area contributed by atoms with E-state index in [9.17, 15) is 4.39 Å². The van der Waals surface area contributed by atoms with Gasteiger partial charge in [0.25, 0.3) is 0 Å². The van der Waals surface area contributed by atoms with Crippen molar-refractivity contribution < 1.29 is 9.13 Å². The van der Waals surface area contributed by atoms with Gasteiger partial charge in [-0.25, -0.2) is 4.98 Å². The molecule has 2 aromatic rings. The first-order chi connectivity index (χ1) is 9.83. The highest BCUT2D eigenvalue weighted by atomic mass is 19.1. The van der Waals surface area contributed by atoms with Crippen LogP contribution in [0.1, 0.15) is 18.1 Å². The lowest BCUT2D eigenvalue weighted by molar-refractivity contribution is 0.143. The van der Waals surface area contributed by atoms with Crippen molar-refractivity contribution in [1.29, 1.82) is 0 Å². The van der Waals surface area contributed by atoms with Crippen LogP contribution in [-0.4, -0.2) is 18.1 Å². The van der Waals surface area contributed by atoms with Gasteiger partial charge in [0, 0.05) is 12.5 Å². The minimum Gasteiger partial charge on any atom is -0.484 e. The molecule has 1 aromatic heterocycles. The van der Waals surface area contributed by atoms with Crippen LogP contribution in [0.25, 0.3) is 0 Å². The minimum absolute atomic E-state index is 0.0292. The number of aromatic nitrogens is 1. The average Bonchev–Trinajstić information content (AvgIpc) is 3.01. The van der Waals surface area contributed by atoms with Crippen LogP contribution in [0.2, 0.25) is 0 Å². The molecule has 0 bridgehead atoms. The third kappa shape index (κ3) is 2.96. The summed E-state index contributed by atoms with van der Waals surface area (Å²) in [7, 11) is 0.